The molecule has 4 aliphatic rings. The number of hydrogen-bond donors (Lipinski definition) is 3. The zero-order chi connectivity index (χ0) is 40.3. The Labute approximate surface area is 340 Å². The molecule has 1 heterocycles. The second-order valence-electron chi connectivity index (χ2n) is 18.1. The standard InChI is InChI=1S/C48H60BN3O5/c1-31(2)25-43(49-56-42-29-37-28-41(47(37,5)6)48(42,7)57-49)51-46(54)44(32(3)4)52-45(53)40(50-38-20-14-19-36(27-38)35-17-12-9-13-18-35)26-33-21-23-39(24-22-33)55-30-34-15-10-8-11-16-34/h8-24,27,31-32,37,40-44,50H,25-26,28-30H2,1-7H3,(H,51,54)(H,52,53)/t37-,40?,41-,42+,43-,44?,48-/m0/s1. The molecule has 3 aliphatic carbocycles. The molecule has 1 aliphatic heterocycles. The average Bonchev–Trinajstić information content (AvgIpc) is 3.57. The third-order valence-electron chi connectivity index (χ3n) is 12.8. The fourth-order valence-corrected chi connectivity index (χ4v) is 9.41. The lowest BCUT2D eigenvalue weighted by molar-refractivity contribution is -0.199. The summed E-state index contributed by atoms with van der Waals surface area (Å²) in [6.07, 6.45) is 3.25. The lowest BCUT2D eigenvalue weighted by Crippen LogP contribution is -2.65. The maximum Gasteiger partial charge on any atom is 0.481 e. The molecule has 57 heavy (non-hydrogen) atoms. The minimum absolute atomic E-state index is 0.0168. The topological polar surface area (TPSA) is 97.9 Å². The van der Waals surface area contributed by atoms with Gasteiger partial charge in [0.25, 0.3) is 0 Å². The Morgan fingerprint density at radius 3 is 2.14 bits per heavy atom. The number of amides is 2. The number of ether oxygens (including phenoxy) is 1. The van der Waals surface area contributed by atoms with E-state index in [0.29, 0.717) is 37.2 Å². The summed E-state index contributed by atoms with van der Waals surface area (Å²) < 4.78 is 19.5. The molecule has 300 valence electrons. The van der Waals surface area contributed by atoms with Gasteiger partial charge in [0, 0.05) is 12.1 Å². The van der Waals surface area contributed by atoms with Crippen LogP contribution in [0.25, 0.3) is 11.1 Å². The summed E-state index contributed by atoms with van der Waals surface area (Å²) in [5.74, 6) is 1.10. The SMILES string of the molecule is CC(C)C[C@H](NC(=O)C(NC(=O)C(Cc1ccc(OCc2ccccc2)cc1)Nc1cccc(-c2ccccc2)c1)C(C)C)B1O[C@@H]2C[C@@H]3C[C@@H](C3(C)C)[C@]2(C)O1. The number of carbonyl (C=O) groups is 2. The Morgan fingerprint density at radius 2 is 1.47 bits per heavy atom. The van der Waals surface area contributed by atoms with Crippen molar-refractivity contribution in [2.75, 3.05) is 5.32 Å². The fraction of sp³-hybridized carbons (Fsp3) is 0.458. The first-order chi connectivity index (χ1) is 27.3. The van der Waals surface area contributed by atoms with E-state index in [2.05, 4.69) is 74.8 Å². The lowest BCUT2D eigenvalue weighted by Gasteiger charge is -2.64. The van der Waals surface area contributed by atoms with Crippen LogP contribution in [0.3, 0.4) is 0 Å². The first kappa shape index (κ1) is 40.6. The molecule has 0 radical (unpaired) electrons. The van der Waals surface area contributed by atoms with Crippen LogP contribution in [0.1, 0.15) is 78.9 Å². The van der Waals surface area contributed by atoms with Crippen LogP contribution in [0, 0.1) is 29.1 Å². The largest absolute Gasteiger partial charge is 0.489 e. The third-order valence-corrected chi connectivity index (χ3v) is 12.8. The van der Waals surface area contributed by atoms with E-state index in [9.17, 15) is 9.59 Å². The van der Waals surface area contributed by atoms with Crippen LogP contribution < -0.4 is 20.7 Å². The zero-order valence-electron chi connectivity index (χ0n) is 34.7. The van der Waals surface area contributed by atoms with Gasteiger partial charge in [-0.3, -0.25) is 9.59 Å². The van der Waals surface area contributed by atoms with Crippen molar-refractivity contribution >= 4 is 24.6 Å². The molecule has 8 rings (SSSR count). The highest BCUT2D eigenvalue weighted by atomic mass is 16.7. The van der Waals surface area contributed by atoms with E-state index in [1.54, 1.807) is 0 Å². The number of rotatable bonds is 16. The molecule has 3 N–H and O–H groups in total. The number of carbonyl (C=O) groups excluding carboxylic acids is 2. The van der Waals surface area contributed by atoms with E-state index in [1.807, 2.05) is 98.8 Å². The highest BCUT2D eigenvalue weighted by molar-refractivity contribution is 6.48. The van der Waals surface area contributed by atoms with Gasteiger partial charge in [0.15, 0.2) is 0 Å². The average molecular weight is 770 g/mol. The van der Waals surface area contributed by atoms with Crippen molar-refractivity contribution in [3.8, 4) is 16.9 Å². The smallest absolute Gasteiger partial charge is 0.481 e. The third kappa shape index (κ3) is 9.10. The summed E-state index contributed by atoms with van der Waals surface area (Å²) in [4.78, 5) is 28.8. The molecule has 2 bridgehead atoms. The van der Waals surface area contributed by atoms with E-state index in [-0.39, 0.29) is 40.8 Å². The fourth-order valence-electron chi connectivity index (χ4n) is 9.41. The number of benzene rings is 4. The molecule has 3 saturated carbocycles. The predicted molar refractivity (Wildman–Crippen MR) is 228 cm³/mol. The monoisotopic (exact) mass is 769 g/mol. The van der Waals surface area contributed by atoms with Gasteiger partial charge in [-0.15, -0.1) is 0 Å². The van der Waals surface area contributed by atoms with Crippen LogP contribution in [0.2, 0.25) is 0 Å². The van der Waals surface area contributed by atoms with Crippen molar-refractivity contribution in [1.29, 1.82) is 0 Å². The van der Waals surface area contributed by atoms with Gasteiger partial charge < -0.3 is 30.0 Å². The summed E-state index contributed by atoms with van der Waals surface area (Å²) in [6.45, 7) is 15.6. The van der Waals surface area contributed by atoms with E-state index >= 15 is 0 Å². The van der Waals surface area contributed by atoms with Crippen molar-refractivity contribution in [2.45, 2.75) is 110 Å². The Bertz CT molecular complexity index is 1970. The summed E-state index contributed by atoms with van der Waals surface area (Å²) >= 11 is 0. The quantitative estimate of drug-likeness (QED) is 0.0986. The maximum atomic E-state index is 14.5. The van der Waals surface area contributed by atoms with Gasteiger partial charge in [0.1, 0.15) is 24.4 Å². The summed E-state index contributed by atoms with van der Waals surface area (Å²) in [7, 11) is -0.545. The molecular weight excluding hydrogens is 709 g/mol. The van der Waals surface area contributed by atoms with E-state index < -0.39 is 19.2 Å². The molecule has 0 aromatic heterocycles. The molecular formula is C48H60BN3O5. The Morgan fingerprint density at radius 1 is 0.789 bits per heavy atom. The highest BCUT2D eigenvalue weighted by Gasteiger charge is 2.68. The highest BCUT2D eigenvalue weighted by Crippen LogP contribution is 2.65. The van der Waals surface area contributed by atoms with Crippen molar-refractivity contribution < 1.29 is 23.6 Å². The Balaban J connectivity index is 1.07. The minimum atomic E-state index is -0.771. The van der Waals surface area contributed by atoms with Gasteiger partial charge in [-0.05, 0) is 102 Å². The van der Waals surface area contributed by atoms with Gasteiger partial charge in [-0.2, -0.15) is 0 Å². The Hall–Kier alpha value is -4.60. The molecule has 8 nitrogen and oxygen atoms in total. The van der Waals surface area contributed by atoms with Gasteiger partial charge >= 0.3 is 7.12 Å². The van der Waals surface area contributed by atoms with E-state index in [4.69, 9.17) is 14.0 Å². The first-order valence-corrected chi connectivity index (χ1v) is 20.9. The molecule has 4 aromatic carbocycles. The minimum Gasteiger partial charge on any atom is -0.489 e. The maximum absolute atomic E-state index is 14.5. The molecule has 9 heteroatoms. The lowest BCUT2D eigenvalue weighted by atomic mass is 9.43. The number of anilines is 1. The molecule has 2 amide bonds. The van der Waals surface area contributed by atoms with Gasteiger partial charge in [-0.1, -0.05) is 126 Å². The van der Waals surface area contributed by atoms with Gasteiger partial charge in [-0.25, -0.2) is 0 Å². The second-order valence-corrected chi connectivity index (χ2v) is 18.1. The first-order valence-electron chi connectivity index (χ1n) is 20.9. The van der Waals surface area contributed by atoms with Gasteiger partial charge in [0.2, 0.25) is 11.8 Å². The molecule has 1 saturated heterocycles. The molecule has 7 atom stereocenters. The van der Waals surface area contributed by atoms with Crippen LogP contribution in [-0.2, 0) is 31.9 Å². The van der Waals surface area contributed by atoms with Crippen molar-refractivity contribution in [2.24, 2.45) is 29.1 Å². The van der Waals surface area contributed by atoms with Gasteiger partial charge in [0.05, 0.1) is 17.6 Å². The zero-order valence-corrected chi connectivity index (χ0v) is 34.7. The van der Waals surface area contributed by atoms with Crippen LogP contribution in [-0.4, -0.2) is 48.7 Å². The van der Waals surface area contributed by atoms with Crippen LogP contribution in [0.5, 0.6) is 5.75 Å². The summed E-state index contributed by atoms with van der Waals surface area (Å²) in [5, 5.41) is 10.00. The predicted octanol–water partition coefficient (Wildman–Crippen LogP) is 8.90. The van der Waals surface area contributed by atoms with Crippen molar-refractivity contribution in [3.63, 3.8) is 0 Å². The van der Waals surface area contributed by atoms with E-state index in [0.717, 1.165) is 46.5 Å². The normalized spacial score (nSPS) is 23.5. The summed E-state index contributed by atoms with van der Waals surface area (Å²) in [6, 6.07) is 34.8. The van der Waals surface area contributed by atoms with Crippen LogP contribution in [0.15, 0.2) is 109 Å². The van der Waals surface area contributed by atoms with Crippen molar-refractivity contribution in [1.82, 2.24) is 10.6 Å². The van der Waals surface area contributed by atoms with Crippen LogP contribution in [0.4, 0.5) is 5.69 Å². The molecule has 4 aromatic rings. The Kier molecular flexibility index (Phi) is 12.2. The summed E-state index contributed by atoms with van der Waals surface area (Å²) in [5.41, 5.74) is 4.84. The van der Waals surface area contributed by atoms with Crippen LogP contribution >= 0.6 is 0 Å². The molecule has 4 fully saturated rings. The second kappa shape index (κ2) is 17.1. The van der Waals surface area contributed by atoms with E-state index in [1.165, 1.54) is 0 Å². The molecule has 2 unspecified atom stereocenters. The van der Waals surface area contributed by atoms with Crippen molar-refractivity contribution in [3.05, 3.63) is 120 Å². The number of nitrogens with one attached hydrogen (secondary N) is 3. The molecule has 0 spiro atoms. The number of hydrogen-bond acceptors (Lipinski definition) is 6.